The summed E-state index contributed by atoms with van der Waals surface area (Å²) in [4.78, 5) is 13.6. The minimum atomic E-state index is -0.766. The van der Waals surface area contributed by atoms with Crippen molar-refractivity contribution in [2.24, 2.45) is 5.73 Å². The summed E-state index contributed by atoms with van der Waals surface area (Å²) in [5.41, 5.74) is 7.35. The van der Waals surface area contributed by atoms with Crippen LogP contribution in [0, 0.1) is 5.82 Å². The molecule has 0 unspecified atom stereocenters. The highest BCUT2D eigenvalue weighted by Gasteiger charge is 2.20. The molecule has 4 nitrogen and oxygen atoms in total. The van der Waals surface area contributed by atoms with E-state index in [-0.39, 0.29) is 16.2 Å². The summed E-state index contributed by atoms with van der Waals surface area (Å²) >= 11 is 6.34. The fourth-order valence-electron chi connectivity index (χ4n) is 2.63. The maximum atomic E-state index is 13.7. The Bertz CT molecular complexity index is 917. The third-order valence-corrected chi connectivity index (χ3v) is 4.05. The molecule has 0 saturated heterocycles. The third-order valence-electron chi connectivity index (χ3n) is 3.67. The normalized spacial score (nSPS) is 11.4. The first-order valence-corrected chi connectivity index (χ1v) is 7.70. The molecule has 0 bridgehead atoms. The van der Waals surface area contributed by atoms with E-state index in [0.717, 1.165) is 23.7 Å². The maximum absolute atomic E-state index is 13.7. The van der Waals surface area contributed by atoms with Crippen LogP contribution in [-0.4, -0.2) is 24.9 Å². The molecule has 24 heavy (non-hydrogen) atoms. The van der Waals surface area contributed by atoms with Crippen molar-refractivity contribution in [3.8, 4) is 11.3 Å². The third kappa shape index (κ3) is 3.00. The van der Waals surface area contributed by atoms with E-state index in [2.05, 4.69) is 4.90 Å². The molecule has 2 N–H and O–H groups in total. The zero-order chi connectivity index (χ0) is 17.4. The highest BCUT2D eigenvalue weighted by molar-refractivity contribution is 6.38. The number of hydrogen-bond donors (Lipinski definition) is 1. The molecule has 0 radical (unpaired) electrons. The van der Waals surface area contributed by atoms with Crippen molar-refractivity contribution in [2.75, 3.05) is 14.1 Å². The first kappa shape index (κ1) is 16.5. The molecular formula is C18H16ClFN2O2. The van der Waals surface area contributed by atoms with Crippen LogP contribution >= 0.6 is 11.6 Å². The zero-order valence-electron chi connectivity index (χ0n) is 13.3. The quantitative estimate of drug-likeness (QED) is 0.775. The lowest BCUT2D eigenvalue weighted by Gasteiger charge is -2.09. The van der Waals surface area contributed by atoms with Crippen molar-refractivity contribution < 1.29 is 13.6 Å². The van der Waals surface area contributed by atoms with Crippen LogP contribution in [0.5, 0.6) is 0 Å². The van der Waals surface area contributed by atoms with Crippen molar-refractivity contribution in [1.82, 2.24) is 4.90 Å². The van der Waals surface area contributed by atoms with Crippen molar-refractivity contribution in [3.05, 3.63) is 58.4 Å². The number of carbonyl (C=O) groups is 1. The van der Waals surface area contributed by atoms with Crippen LogP contribution < -0.4 is 5.73 Å². The largest absolute Gasteiger partial charge is 0.454 e. The first-order chi connectivity index (χ1) is 11.4. The van der Waals surface area contributed by atoms with Crippen LogP contribution in [-0.2, 0) is 6.54 Å². The Labute approximate surface area is 143 Å². The van der Waals surface area contributed by atoms with Crippen LogP contribution in [0.1, 0.15) is 15.9 Å². The van der Waals surface area contributed by atoms with E-state index < -0.39 is 11.7 Å². The van der Waals surface area contributed by atoms with Crippen molar-refractivity contribution >= 4 is 28.5 Å². The molecule has 6 heteroatoms. The maximum Gasteiger partial charge on any atom is 0.252 e. The number of hydrogen-bond acceptors (Lipinski definition) is 3. The molecular weight excluding hydrogens is 331 g/mol. The molecule has 3 aromatic rings. The summed E-state index contributed by atoms with van der Waals surface area (Å²) < 4.78 is 19.5. The molecule has 0 saturated carbocycles. The summed E-state index contributed by atoms with van der Waals surface area (Å²) in [6.07, 6.45) is 0. The van der Waals surface area contributed by atoms with Crippen molar-refractivity contribution in [1.29, 1.82) is 0 Å². The van der Waals surface area contributed by atoms with E-state index in [9.17, 15) is 9.18 Å². The lowest BCUT2D eigenvalue weighted by Crippen LogP contribution is -2.11. The second kappa shape index (κ2) is 6.26. The smallest absolute Gasteiger partial charge is 0.252 e. The van der Waals surface area contributed by atoms with Gasteiger partial charge in [0.1, 0.15) is 11.4 Å². The molecule has 1 amide bonds. The lowest BCUT2D eigenvalue weighted by molar-refractivity contribution is 0.100. The minimum Gasteiger partial charge on any atom is -0.454 e. The number of nitrogens with zero attached hydrogens (tertiary/aromatic N) is 1. The summed E-state index contributed by atoms with van der Waals surface area (Å²) in [6.45, 7) is 0.811. The predicted molar refractivity (Wildman–Crippen MR) is 92.5 cm³/mol. The van der Waals surface area contributed by atoms with E-state index in [1.165, 1.54) is 6.07 Å². The molecule has 0 spiro atoms. The van der Waals surface area contributed by atoms with Crippen molar-refractivity contribution in [2.45, 2.75) is 6.54 Å². The number of amides is 1. The Morgan fingerprint density at radius 1 is 1.25 bits per heavy atom. The Morgan fingerprint density at radius 2 is 1.92 bits per heavy atom. The SMILES string of the molecule is CN(C)Cc1ccc(-c2oc3c(C(N)=O)cc(F)cc3c2Cl)cc1. The monoisotopic (exact) mass is 346 g/mol. The van der Waals surface area contributed by atoms with Crippen LogP contribution in [0.15, 0.2) is 40.8 Å². The van der Waals surface area contributed by atoms with Gasteiger partial charge in [0.25, 0.3) is 5.91 Å². The van der Waals surface area contributed by atoms with E-state index in [0.29, 0.717) is 11.1 Å². The summed E-state index contributed by atoms with van der Waals surface area (Å²) in [7, 11) is 3.98. The molecule has 1 aromatic heterocycles. The molecule has 0 fully saturated rings. The molecule has 2 aromatic carbocycles. The summed E-state index contributed by atoms with van der Waals surface area (Å²) in [5.74, 6) is -0.971. The summed E-state index contributed by atoms with van der Waals surface area (Å²) in [6, 6.07) is 9.97. The van der Waals surface area contributed by atoms with Gasteiger partial charge < -0.3 is 15.1 Å². The number of halogens is 2. The number of rotatable bonds is 4. The molecule has 1 heterocycles. The second-order valence-corrected chi connectivity index (χ2v) is 6.25. The predicted octanol–water partition coefficient (Wildman–Crippen LogP) is 4.05. The van der Waals surface area contributed by atoms with E-state index in [4.69, 9.17) is 21.8 Å². The highest BCUT2D eigenvalue weighted by atomic mass is 35.5. The van der Waals surface area contributed by atoms with Gasteiger partial charge in [-0.2, -0.15) is 0 Å². The molecule has 124 valence electrons. The van der Waals surface area contributed by atoms with Gasteiger partial charge in [-0.05, 0) is 31.8 Å². The van der Waals surface area contributed by atoms with Gasteiger partial charge in [-0.1, -0.05) is 35.9 Å². The number of nitrogens with two attached hydrogens (primary N) is 1. The average molecular weight is 347 g/mol. The van der Waals surface area contributed by atoms with E-state index >= 15 is 0 Å². The Balaban J connectivity index is 2.12. The fraction of sp³-hybridized carbons (Fsp3) is 0.167. The van der Waals surface area contributed by atoms with Gasteiger partial charge in [0.05, 0.1) is 10.6 Å². The molecule has 0 aliphatic heterocycles. The van der Waals surface area contributed by atoms with Gasteiger partial charge in [0.15, 0.2) is 5.76 Å². The van der Waals surface area contributed by atoms with E-state index in [1.54, 1.807) is 0 Å². The van der Waals surface area contributed by atoms with Crippen molar-refractivity contribution in [3.63, 3.8) is 0 Å². The number of fused-ring (bicyclic) bond motifs is 1. The topological polar surface area (TPSA) is 59.5 Å². The average Bonchev–Trinajstić information content (AvgIpc) is 2.84. The zero-order valence-corrected chi connectivity index (χ0v) is 14.0. The van der Waals surface area contributed by atoms with Crippen LogP contribution in [0.3, 0.4) is 0 Å². The lowest BCUT2D eigenvalue weighted by atomic mass is 10.1. The van der Waals surface area contributed by atoms with Crippen LogP contribution in [0.2, 0.25) is 5.02 Å². The number of benzene rings is 2. The minimum absolute atomic E-state index is 0.0256. The molecule has 0 aliphatic carbocycles. The van der Waals surface area contributed by atoms with Gasteiger partial charge in [0.2, 0.25) is 0 Å². The second-order valence-electron chi connectivity index (χ2n) is 5.87. The highest BCUT2D eigenvalue weighted by Crippen LogP contribution is 2.39. The summed E-state index contributed by atoms with van der Waals surface area (Å²) in [5, 5.41) is 0.588. The number of furan rings is 1. The van der Waals surface area contributed by atoms with Crippen LogP contribution in [0.4, 0.5) is 4.39 Å². The Hall–Kier alpha value is -2.37. The fourth-order valence-corrected chi connectivity index (χ4v) is 2.92. The van der Waals surface area contributed by atoms with Gasteiger partial charge in [0, 0.05) is 17.5 Å². The Morgan fingerprint density at radius 3 is 2.50 bits per heavy atom. The van der Waals surface area contributed by atoms with E-state index in [1.807, 2.05) is 38.4 Å². The van der Waals surface area contributed by atoms with Crippen LogP contribution in [0.25, 0.3) is 22.3 Å². The van der Waals surface area contributed by atoms with Gasteiger partial charge in [-0.15, -0.1) is 0 Å². The first-order valence-electron chi connectivity index (χ1n) is 7.32. The number of carbonyl (C=O) groups excluding carboxylic acids is 1. The molecule has 3 rings (SSSR count). The number of primary amides is 1. The standard InChI is InChI=1S/C18H16ClFN2O2/c1-22(2)9-10-3-5-11(6-4-10)16-15(19)13-7-12(20)8-14(18(21)23)17(13)24-16/h3-8H,9H2,1-2H3,(H2,21,23). The Kier molecular flexibility index (Phi) is 4.30. The molecule has 0 aliphatic rings. The molecule has 0 atom stereocenters. The van der Waals surface area contributed by atoms with Gasteiger partial charge in [-0.25, -0.2) is 4.39 Å². The van der Waals surface area contributed by atoms with Gasteiger partial charge in [-0.3, -0.25) is 4.79 Å². The van der Waals surface area contributed by atoms with Gasteiger partial charge >= 0.3 is 0 Å².